The molecule has 1 aromatic heterocycles. The highest BCUT2D eigenvalue weighted by Crippen LogP contribution is 2.26. The summed E-state index contributed by atoms with van der Waals surface area (Å²) in [6.45, 7) is 4.33. The Morgan fingerprint density at radius 3 is 2.69 bits per heavy atom. The molecule has 0 aliphatic carbocycles. The lowest BCUT2D eigenvalue weighted by Crippen LogP contribution is -2.19. The molecule has 3 heteroatoms. The maximum atomic E-state index is 5.75. The predicted octanol–water partition coefficient (Wildman–Crippen LogP) is 3.43. The van der Waals surface area contributed by atoms with Crippen LogP contribution in [-0.2, 0) is 6.42 Å². The zero-order valence-corrected chi connectivity index (χ0v) is 10.5. The predicted molar refractivity (Wildman–Crippen MR) is 63.2 cm³/mol. The Hall–Kier alpha value is 0.140. The molecule has 1 nitrogen and oxygen atoms in total. The van der Waals surface area contributed by atoms with Gasteiger partial charge in [-0.3, -0.25) is 0 Å². The van der Waals surface area contributed by atoms with Crippen molar-refractivity contribution in [1.29, 1.82) is 0 Å². The van der Waals surface area contributed by atoms with Gasteiger partial charge in [-0.05, 0) is 53.1 Å². The van der Waals surface area contributed by atoms with Crippen molar-refractivity contribution in [3.8, 4) is 0 Å². The molecule has 0 aromatic carbocycles. The third kappa shape index (κ3) is 3.79. The van der Waals surface area contributed by atoms with Crippen molar-refractivity contribution in [2.24, 2.45) is 11.7 Å². The van der Waals surface area contributed by atoms with Crippen LogP contribution in [0.3, 0.4) is 0 Å². The number of halogens is 1. The van der Waals surface area contributed by atoms with Crippen molar-refractivity contribution < 1.29 is 0 Å². The molecule has 0 saturated heterocycles. The molecule has 1 aromatic rings. The molecular formula is C10H16BrNS. The molecule has 2 atom stereocenters. The number of nitrogens with two attached hydrogens (primary N) is 1. The minimum atomic E-state index is 0.314. The zero-order valence-electron chi connectivity index (χ0n) is 8.09. The van der Waals surface area contributed by atoms with Gasteiger partial charge in [0.25, 0.3) is 0 Å². The van der Waals surface area contributed by atoms with Crippen molar-refractivity contribution in [2.75, 3.05) is 0 Å². The van der Waals surface area contributed by atoms with E-state index in [2.05, 4.69) is 41.2 Å². The van der Waals surface area contributed by atoms with Crippen molar-refractivity contribution in [2.45, 2.75) is 32.7 Å². The molecule has 2 unspecified atom stereocenters. The van der Waals surface area contributed by atoms with Crippen LogP contribution >= 0.6 is 27.3 Å². The van der Waals surface area contributed by atoms with E-state index in [0.29, 0.717) is 12.0 Å². The Morgan fingerprint density at radius 1 is 1.54 bits per heavy atom. The number of rotatable bonds is 4. The summed E-state index contributed by atoms with van der Waals surface area (Å²) in [7, 11) is 0. The van der Waals surface area contributed by atoms with Gasteiger partial charge in [-0.15, -0.1) is 11.3 Å². The lowest BCUT2D eigenvalue weighted by molar-refractivity contribution is 0.482. The molecule has 74 valence electrons. The fraction of sp³-hybridized carbons (Fsp3) is 0.600. The smallest absolute Gasteiger partial charge is 0.0314 e. The van der Waals surface area contributed by atoms with Crippen LogP contribution in [-0.4, -0.2) is 6.04 Å². The summed E-state index contributed by atoms with van der Waals surface area (Å²) in [6.07, 6.45) is 2.24. The molecule has 0 fully saturated rings. The quantitative estimate of drug-likeness (QED) is 0.883. The number of hydrogen-bond donors (Lipinski definition) is 1. The van der Waals surface area contributed by atoms with Gasteiger partial charge < -0.3 is 5.73 Å². The summed E-state index contributed by atoms with van der Waals surface area (Å²) in [4.78, 5) is 1.44. The first-order valence-corrected chi connectivity index (χ1v) is 6.24. The van der Waals surface area contributed by atoms with Gasteiger partial charge in [0.1, 0.15) is 0 Å². The van der Waals surface area contributed by atoms with Crippen molar-refractivity contribution in [3.05, 3.63) is 20.8 Å². The van der Waals surface area contributed by atoms with E-state index >= 15 is 0 Å². The van der Waals surface area contributed by atoms with Gasteiger partial charge in [0, 0.05) is 15.4 Å². The molecule has 0 bridgehead atoms. The van der Waals surface area contributed by atoms with E-state index in [1.165, 1.54) is 9.35 Å². The van der Waals surface area contributed by atoms with E-state index in [0.717, 1.165) is 12.8 Å². The molecule has 0 saturated carbocycles. The van der Waals surface area contributed by atoms with Gasteiger partial charge >= 0.3 is 0 Å². The van der Waals surface area contributed by atoms with Crippen LogP contribution in [0.4, 0.5) is 0 Å². The SMILES string of the molecule is CC(N)CC(C)Cc1sccc1Br. The van der Waals surface area contributed by atoms with Gasteiger partial charge in [0.15, 0.2) is 0 Å². The van der Waals surface area contributed by atoms with Crippen LogP contribution in [0.15, 0.2) is 15.9 Å². The Kier molecular flexibility index (Phi) is 4.42. The summed E-state index contributed by atoms with van der Waals surface area (Å²) < 4.78 is 1.24. The second-order valence-electron chi connectivity index (χ2n) is 3.71. The molecular weight excluding hydrogens is 246 g/mol. The Labute approximate surface area is 92.5 Å². The second-order valence-corrected chi connectivity index (χ2v) is 5.57. The van der Waals surface area contributed by atoms with Crippen LogP contribution in [0, 0.1) is 5.92 Å². The van der Waals surface area contributed by atoms with E-state index in [1.807, 2.05) is 11.3 Å². The van der Waals surface area contributed by atoms with Gasteiger partial charge in [-0.2, -0.15) is 0 Å². The summed E-state index contributed by atoms with van der Waals surface area (Å²) in [5.74, 6) is 0.676. The largest absolute Gasteiger partial charge is 0.328 e. The van der Waals surface area contributed by atoms with E-state index in [9.17, 15) is 0 Å². The van der Waals surface area contributed by atoms with Gasteiger partial charge in [-0.1, -0.05) is 6.92 Å². The standard InChI is InChI=1S/C10H16BrNS/c1-7(5-8(2)12)6-10-9(11)3-4-13-10/h3-4,7-8H,5-6,12H2,1-2H3. The van der Waals surface area contributed by atoms with Crippen LogP contribution in [0.2, 0.25) is 0 Å². The van der Waals surface area contributed by atoms with Crippen LogP contribution < -0.4 is 5.73 Å². The molecule has 13 heavy (non-hydrogen) atoms. The van der Waals surface area contributed by atoms with Gasteiger partial charge in [0.2, 0.25) is 0 Å². The van der Waals surface area contributed by atoms with Crippen molar-refractivity contribution >= 4 is 27.3 Å². The van der Waals surface area contributed by atoms with Crippen molar-refractivity contribution in [1.82, 2.24) is 0 Å². The van der Waals surface area contributed by atoms with Gasteiger partial charge in [0.05, 0.1) is 0 Å². The van der Waals surface area contributed by atoms with Crippen LogP contribution in [0.25, 0.3) is 0 Å². The molecule has 2 N–H and O–H groups in total. The molecule has 0 radical (unpaired) electrons. The average Bonchev–Trinajstić information content (AvgIpc) is 2.34. The topological polar surface area (TPSA) is 26.0 Å². The fourth-order valence-electron chi connectivity index (χ4n) is 1.51. The third-order valence-corrected chi connectivity index (χ3v) is 3.95. The van der Waals surface area contributed by atoms with E-state index < -0.39 is 0 Å². The molecule has 0 spiro atoms. The molecule has 1 rings (SSSR count). The minimum Gasteiger partial charge on any atom is -0.328 e. The second kappa shape index (κ2) is 5.13. The highest BCUT2D eigenvalue weighted by atomic mass is 79.9. The minimum absolute atomic E-state index is 0.314. The Morgan fingerprint density at radius 2 is 2.23 bits per heavy atom. The first-order chi connectivity index (χ1) is 6.09. The lowest BCUT2D eigenvalue weighted by Gasteiger charge is -2.12. The molecule has 0 aliphatic rings. The first kappa shape index (κ1) is 11.2. The summed E-state index contributed by atoms with van der Waals surface area (Å²) in [5, 5.41) is 2.12. The Balaban J connectivity index is 2.45. The van der Waals surface area contributed by atoms with E-state index in [4.69, 9.17) is 5.73 Å². The lowest BCUT2D eigenvalue weighted by atomic mass is 9.99. The zero-order chi connectivity index (χ0) is 9.84. The molecule has 0 aliphatic heterocycles. The monoisotopic (exact) mass is 261 g/mol. The first-order valence-electron chi connectivity index (χ1n) is 4.57. The normalized spacial score (nSPS) is 15.7. The molecule has 1 heterocycles. The van der Waals surface area contributed by atoms with Gasteiger partial charge in [-0.25, -0.2) is 0 Å². The third-order valence-electron chi connectivity index (χ3n) is 2.00. The van der Waals surface area contributed by atoms with Crippen molar-refractivity contribution in [3.63, 3.8) is 0 Å². The average molecular weight is 262 g/mol. The number of hydrogen-bond acceptors (Lipinski definition) is 2. The number of thiophene rings is 1. The van der Waals surface area contributed by atoms with Crippen LogP contribution in [0.5, 0.6) is 0 Å². The van der Waals surface area contributed by atoms with E-state index in [-0.39, 0.29) is 0 Å². The summed E-state index contributed by atoms with van der Waals surface area (Å²) in [5.41, 5.74) is 5.75. The maximum absolute atomic E-state index is 5.75. The Bertz CT molecular complexity index is 257. The highest BCUT2D eigenvalue weighted by molar-refractivity contribution is 9.10. The summed E-state index contributed by atoms with van der Waals surface area (Å²) >= 11 is 5.36. The molecule has 0 amide bonds. The fourth-order valence-corrected chi connectivity index (χ4v) is 3.18. The highest BCUT2D eigenvalue weighted by Gasteiger charge is 2.09. The maximum Gasteiger partial charge on any atom is 0.0314 e. The summed E-state index contributed by atoms with van der Waals surface area (Å²) in [6, 6.07) is 2.42. The van der Waals surface area contributed by atoms with E-state index in [1.54, 1.807) is 0 Å². The van der Waals surface area contributed by atoms with Crippen LogP contribution in [0.1, 0.15) is 25.1 Å².